The van der Waals surface area contributed by atoms with E-state index in [0.717, 1.165) is 26.7 Å². The fraction of sp³-hybridized carbons (Fsp3) is 0.133. The molecule has 1 heterocycles. The first kappa shape index (κ1) is 24.9. The summed E-state index contributed by atoms with van der Waals surface area (Å²) in [4.78, 5) is 30.3. The van der Waals surface area contributed by atoms with E-state index in [1.165, 1.54) is 11.8 Å². The standard InChI is InChI=1S/C30H25ClN2O3S/c1-2-36-24-13-10-20(11-14-24)18-32-29(34)22-12-15-28-26(17-22)33(19-21-6-5-7-23(31)16-21)30(35)25-8-3-4-9-27(25)37-28/h3-17H,2,18-19H2,1H3,(H,32,34). The number of nitrogens with one attached hydrogen (secondary N) is 1. The Balaban J connectivity index is 1.43. The van der Waals surface area contributed by atoms with Gasteiger partial charge in [-0.1, -0.05) is 59.8 Å². The van der Waals surface area contributed by atoms with Crippen LogP contribution in [0.4, 0.5) is 5.69 Å². The Hall–Kier alpha value is -3.74. The van der Waals surface area contributed by atoms with E-state index in [2.05, 4.69) is 5.32 Å². The molecule has 37 heavy (non-hydrogen) atoms. The Kier molecular flexibility index (Phi) is 7.49. The molecule has 0 saturated carbocycles. The monoisotopic (exact) mass is 528 g/mol. The van der Waals surface area contributed by atoms with Crippen LogP contribution in [0.5, 0.6) is 5.75 Å². The van der Waals surface area contributed by atoms with Crippen molar-refractivity contribution < 1.29 is 14.3 Å². The van der Waals surface area contributed by atoms with Gasteiger partial charge in [0.15, 0.2) is 0 Å². The van der Waals surface area contributed by atoms with Crippen molar-refractivity contribution in [2.75, 3.05) is 11.5 Å². The van der Waals surface area contributed by atoms with Crippen LogP contribution < -0.4 is 15.0 Å². The third-order valence-corrected chi connectivity index (χ3v) is 7.39. The number of ether oxygens (including phenoxy) is 1. The van der Waals surface area contributed by atoms with Crippen LogP contribution in [0.2, 0.25) is 5.02 Å². The number of benzene rings is 4. The SMILES string of the molecule is CCOc1ccc(CNC(=O)c2ccc3c(c2)N(Cc2cccc(Cl)c2)C(=O)c2ccccc2S3)cc1. The molecular weight excluding hydrogens is 504 g/mol. The van der Waals surface area contributed by atoms with Gasteiger partial charge in [0.05, 0.1) is 24.4 Å². The molecule has 0 saturated heterocycles. The Morgan fingerprint density at radius 1 is 0.919 bits per heavy atom. The second-order valence-electron chi connectivity index (χ2n) is 8.56. The number of carbonyl (C=O) groups excluding carboxylic acids is 2. The lowest BCUT2D eigenvalue weighted by Gasteiger charge is -2.24. The molecule has 0 atom stereocenters. The minimum atomic E-state index is -0.210. The van der Waals surface area contributed by atoms with Crippen LogP contribution >= 0.6 is 23.4 Å². The first-order chi connectivity index (χ1) is 18.0. The third-order valence-electron chi connectivity index (χ3n) is 6.01. The summed E-state index contributed by atoms with van der Waals surface area (Å²) in [5, 5.41) is 3.59. The van der Waals surface area contributed by atoms with Gasteiger partial charge in [0.2, 0.25) is 0 Å². The van der Waals surface area contributed by atoms with Crippen molar-refractivity contribution in [3.05, 3.63) is 118 Å². The van der Waals surface area contributed by atoms with Crippen molar-refractivity contribution in [3.63, 3.8) is 0 Å². The number of halogens is 1. The third kappa shape index (κ3) is 5.66. The zero-order chi connectivity index (χ0) is 25.8. The molecular formula is C30H25ClN2O3S. The molecule has 0 aliphatic carbocycles. The van der Waals surface area contributed by atoms with Crippen molar-refractivity contribution in [1.82, 2.24) is 5.32 Å². The zero-order valence-corrected chi connectivity index (χ0v) is 21.8. The molecule has 0 bridgehead atoms. The summed E-state index contributed by atoms with van der Waals surface area (Å²) in [6, 6.07) is 28.2. The molecule has 186 valence electrons. The molecule has 0 spiro atoms. The van der Waals surface area contributed by atoms with Crippen LogP contribution in [0.25, 0.3) is 0 Å². The molecule has 1 aliphatic heterocycles. The maximum absolute atomic E-state index is 13.7. The molecule has 2 amide bonds. The Bertz CT molecular complexity index is 1460. The number of fused-ring (bicyclic) bond motifs is 2. The van der Waals surface area contributed by atoms with E-state index in [4.69, 9.17) is 16.3 Å². The van der Waals surface area contributed by atoms with Crippen LogP contribution in [-0.2, 0) is 13.1 Å². The van der Waals surface area contributed by atoms with Crippen LogP contribution in [0.1, 0.15) is 38.8 Å². The van der Waals surface area contributed by atoms with E-state index >= 15 is 0 Å². The van der Waals surface area contributed by atoms with E-state index < -0.39 is 0 Å². The summed E-state index contributed by atoms with van der Waals surface area (Å²) in [6.45, 7) is 3.26. The predicted octanol–water partition coefficient (Wildman–Crippen LogP) is 6.98. The highest BCUT2D eigenvalue weighted by atomic mass is 35.5. The molecule has 4 aromatic carbocycles. The van der Waals surface area contributed by atoms with Crippen molar-refractivity contribution in [2.24, 2.45) is 0 Å². The minimum Gasteiger partial charge on any atom is -0.494 e. The lowest BCUT2D eigenvalue weighted by Crippen LogP contribution is -2.31. The molecule has 0 fully saturated rings. The number of amides is 2. The summed E-state index contributed by atoms with van der Waals surface area (Å²) in [5.74, 6) is 0.471. The van der Waals surface area contributed by atoms with Crippen LogP contribution in [0.15, 0.2) is 101 Å². The number of nitrogens with zero attached hydrogens (tertiary/aromatic N) is 1. The van der Waals surface area contributed by atoms with E-state index in [0.29, 0.717) is 41.5 Å². The van der Waals surface area contributed by atoms with Crippen LogP contribution in [-0.4, -0.2) is 18.4 Å². The second-order valence-corrected chi connectivity index (χ2v) is 10.1. The van der Waals surface area contributed by atoms with Crippen LogP contribution in [0, 0.1) is 0 Å². The lowest BCUT2D eigenvalue weighted by molar-refractivity contribution is 0.0947. The topological polar surface area (TPSA) is 58.6 Å². The van der Waals surface area contributed by atoms with Gasteiger partial charge in [-0.2, -0.15) is 0 Å². The molecule has 5 nitrogen and oxygen atoms in total. The molecule has 5 rings (SSSR count). The molecule has 0 aromatic heterocycles. The van der Waals surface area contributed by atoms with Gasteiger partial charge in [0, 0.05) is 26.9 Å². The highest BCUT2D eigenvalue weighted by molar-refractivity contribution is 7.99. The van der Waals surface area contributed by atoms with Gasteiger partial charge in [-0.15, -0.1) is 0 Å². The van der Waals surface area contributed by atoms with Gasteiger partial charge >= 0.3 is 0 Å². The molecule has 1 aliphatic rings. The largest absolute Gasteiger partial charge is 0.494 e. The fourth-order valence-electron chi connectivity index (χ4n) is 4.19. The van der Waals surface area contributed by atoms with Gasteiger partial charge in [-0.05, 0) is 72.6 Å². The van der Waals surface area contributed by atoms with Crippen molar-refractivity contribution in [2.45, 2.75) is 29.8 Å². The Morgan fingerprint density at radius 3 is 2.51 bits per heavy atom. The normalized spacial score (nSPS) is 12.4. The molecule has 4 aromatic rings. The number of hydrogen-bond acceptors (Lipinski definition) is 4. The van der Waals surface area contributed by atoms with E-state index in [1.807, 2.05) is 79.7 Å². The number of anilines is 1. The number of carbonyl (C=O) groups is 2. The smallest absolute Gasteiger partial charge is 0.259 e. The van der Waals surface area contributed by atoms with Gasteiger partial charge in [0.25, 0.3) is 11.8 Å². The predicted molar refractivity (Wildman–Crippen MR) is 148 cm³/mol. The summed E-state index contributed by atoms with van der Waals surface area (Å²) in [7, 11) is 0. The highest BCUT2D eigenvalue weighted by Crippen LogP contribution is 2.42. The summed E-state index contributed by atoms with van der Waals surface area (Å²) < 4.78 is 5.48. The highest BCUT2D eigenvalue weighted by Gasteiger charge is 2.28. The minimum absolute atomic E-state index is 0.117. The van der Waals surface area contributed by atoms with Gasteiger partial charge < -0.3 is 15.0 Å². The van der Waals surface area contributed by atoms with Gasteiger partial charge in [-0.25, -0.2) is 0 Å². The Morgan fingerprint density at radius 2 is 1.73 bits per heavy atom. The van der Waals surface area contributed by atoms with Crippen molar-refractivity contribution in [1.29, 1.82) is 0 Å². The molecule has 1 N–H and O–H groups in total. The zero-order valence-electron chi connectivity index (χ0n) is 20.2. The Labute approximate surface area is 225 Å². The maximum Gasteiger partial charge on any atom is 0.259 e. The first-order valence-corrected chi connectivity index (χ1v) is 13.2. The molecule has 7 heteroatoms. The number of rotatable bonds is 7. The van der Waals surface area contributed by atoms with Gasteiger partial charge in [0.1, 0.15) is 5.75 Å². The van der Waals surface area contributed by atoms with Crippen molar-refractivity contribution >= 4 is 40.9 Å². The molecule has 0 radical (unpaired) electrons. The lowest BCUT2D eigenvalue weighted by atomic mass is 10.1. The summed E-state index contributed by atoms with van der Waals surface area (Å²) in [5.41, 5.74) is 3.68. The van der Waals surface area contributed by atoms with E-state index in [1.54, 1.807) is 23.1 Å². The average molecular weight is 529 g/mol. The van der Waals surface area contributed by atoms with E-state index in [-0.39, 0.29) is 11.8 Å². The first-order valence-electron chi connectivity index (χ1n) is 12.0. The fourth-order valence-corrected chi connectivity index (χ4v) is 5.46. The van der Waals surface area contributed by atoms with Crippen molar-refractivity contribution in [3.8, 4) is 5.75 Å². The average Bonchev–Trinajstić information content (AvgIpc) is 3.02. The summed E-state index contributed by atoms with van der Waals surface area (Å²) >= 11 is 7.75. The molecule has 0 unspecified atom stereocenters. The maximum atomic E-state index is 13.7. The quantitative estimate of drug-likeness (QED) is 0.281. The van der Waals surface area contributed by atoms with E-state index in [9.17, 15) is 9.59 Å². The van der Waals surface area contributed by atoms with Crippen LogP contribution in [0.3, 0.4) is 0 Å². The number of hydrogen-bond donors (Lipinski definition) is 1. The second kappa shape index (κ2) is 11.1. The van der Waals surface area contributed by atoms with Gasteiger partial charge in [-0.3, -0.25) is 9.59 Å². The summed E-state index contributed by atoms with van der Waals surface area (Å²) in [6.07, 6.45) is 0.